The number of hydrogen-bond acceptors (Lipinski definition) is 5. The molecule has 1 aromatic carbocycles. The molecule has 1 heterocycles. The molecule has 7 heteroatoms. The number of hydrogen-bond donors (Lipinski definition) is 1. The molecule has 72 valence electrons. The Balaban J connectivity index is 2.55. The zero-order valence-electron chi connectivity index (χ0n) is 6.95. The van der Waals surface area contributed by atoms with Gasteiger partial charge in [-0.25, -0.2) is 8.42 Å². The van der Waals surface area contributed by atoms with Gasteiger partial charge in [-0.2, -0.15) is 5.21 Å². The maximum absolute atomic E-state index is 11.7. The highest BCUT2D eigenvalue weighted by Gasteiger charge is 2.21. The predicted molar refractivity (Wildman–Crippen MR) is 46.1 cm³/mol. The van der Waals surface area contributed by atoms with E-state index in [9.17, 15) is 8.42 Å². The molecule has 0 fully saturated rings. The van der Waals surface area contributed by atoms with Crippen LogP contribution in [-0.2, 0) is 9.84 Å². The van der Waals surface area contributed by atoms with Crippen molar-refractivity contribution in [2.24, 2.45) is 0 Å². The molecule has 0 spiro atoms. The smallest absolute Gasteiger partial charge is 0.215 e. The van der Waals surface area contributed by atoms with Crippen LogP contribution in [0.25, 0.3) is 0 Å². The molecule has 0 aliphatic carbocycles. The average Bonchev–Trinajstić information content (AvgIpc) is 2.72. The first-order valence-electron chi connectivity index (χ1n) is 3.75. The minimum Gasteiger partial charge on any atom is -0.215 e. The Bertz CT molecular complexity index is 506. The summed E-state index contributed by atoms with van der Waals surface area (Å²) in [6, 6.07) is 7.95. The molecule has 2 rings (SSSR count). The van der Waals surface area contributed by atoms with E-state index in [1.54, 1.807) is 18.2 Å². The molecule has 1 N–H and O–H groups in total. The van der Waals surface area contributed by atoms with Crippen molar-refractivity contribution >= 4 is 9.84 Å². The Morgan fingerprint density at radius 2 is 1.86 bits per heavy atom. The van der Waals surface area contributed by atoms with E-state index in [4.69, 9.17) is 0 Å². The largest absolute Gasteiger partial charge is 0.292 e. The molecule has 6 nitrogen and oxygen atoms in total. The molecule has 0 bridgehead atoms. The van der Waals surface area contributed by atoms with Gasteiger partial charge < -0.3 is 0 Å². The molecule has 0 unspecified atom stereocenters. The van der Waals surface area contributed by atoms with E-state index in [0.29, 0.717) is 0 Å². The number of nitrogens with zero attached hydrogens (tertiary/aromatic N) is 3. The van der Waals surface area contributed by atoms with Gasteiger partial charge in [-0.3, -0.25) is 0 Å². The van der Waals surface area contributed by atoms with E-state index < -0.39 is 9.84 Å². The van der Waals surface area contributed by atoms with Crippen LogP contribution in [0.2, 0.25) is 0 Å². The third kappa shape index (κ3) is 1.37. The molecule has 0 saturated carbocycles. The lowest BCUT2D eigenvalue weighted by Gasteiger charge is -1.96. The number of aromatic amines is 1. The lowest BCUT2D eigenvalue weighted by Crippen LogP contribution is -2.03. The molecule has 14 heavy (non-hydrogen) atoms. The van der Waals surface area contributed by atoms with Gasteiger partial charge in [0.15, 0.2) is 0 Å². The van der Waals surface area contributed by atoms with Gasteiger partial charge in [-0.1, -0.05) is 23.3 Å². The molecular weight excluding hydrogens is 204 g/mol. The maximum Gasteiger partial charge on any atom is 0.292 e. The summed E-state index contributed by atoms with van der Waals surface area (Å²) < 4.78 is 23.4. The summed E-state index contributed by atoms with van der Waals surface area (Å²) in [5.74, 6) is 0. The fourth-order valence-corrected chi connectivity index (χ4v) is 2.01. The number of nitrogens with one attached hydrogen (secondary N) is 1. The van der Waals surface area contributed by atoms with Crippen LogP contribution in [0.15, 0.2) is 40.4 Å². The van der Waals surface area contributed by atoms with Crippen molar-refractivity contribution in [3.05, 3.63) is 30.3 Å². The summed E-state index contributed by atoms with van der Waals surface area (Å²) in [6.07, 6.45) is 0. The summed E-state index contributed by atoms with van der Waals surface area (Å²) in [5.41, 5.74) is 0. The van der Waals surface area contributed by atoms with E-state index in [0.717, 1.165) is 0 Å². The van der Waals surface area contributed by atoms with Crippen LogP contribution >= 0.6 is 0 Å². The Morgan fingerprint density at radius 1 is 1.14 bits per heavy atom. The van der Waals surface area contributed by atoms with E-state index >= 15 is 0 Å². The molecule has 1 aromatic heterocycles. The molecule has 0 aliphatic rings. The Labute approximate surface area is 79.9 Å². The molecule has 0 amide bonds. The zero-order chi connectivity index (χ0) is 10.0. The van der Waals surface area contributed by atoms with E-state index in [1.807, 2.05) is 0 Å². The number of rotatable bonds is 2. The number of sulfone groups is 1. The third-order valence-corrected chi connectivity index (χ3v) is 3.17. The van der Waals surface area contributed by atoms with Crippen molar-refractivity contribution in [2.45, 2.75) is 10.1 Å². The number of H-pyrrole nitrogens is 1. The quantitative estimate of drug-likeness (QED) is 0.755. The molecular formula is C7H6N4O2S. The molecule has 0 radical (unpaired) electrons. The topological polar surface area (TPSA) is 88.6 Å². The van der Waals surface area contributed by atoms with Gasteiger partial charge in [0.25, 0.3) is 5.16 Å². The van der Waals surface area contributed by atoms with Crippen LogP contribution in [0.1, 0.15) is 0 Å². The Hall–Kier alpha value is -1.76. The summed E-state index contributed by atoms with van der Waals surface area (Å²) in [4.78, 5) is 0.154. The summed E-state index contributed by atoms with van der Waals surface area (Å²) in [7, 11) is -3.61. The first kappa shape index (κ1) is 8.82. The molecule has 0 aliphatic heterocycles. The van der Waals surface area contributed by atoms with Gasteiger partial charge in [0, 0.05) is 0 Å². The van der Waals surface area contributed by atoms with Crippen molar-refractivity contribution in [3.63, 3.8) is 0 Å². The average molecular weight is 210 g/mol. The third-order valence-electron chi connectivity index (χ3n) is 1.62. The fraction of sp³-hybridized carbons (Fsp3) is 0. The highest BCUT2D eigenvalue weighted by Crippen LogP contribution is 2.14. The second-order valence-electron chi connectivity index (χ2n) is 2.51. The SMILES string of the molecule is O=S(=O)(c1ccccc1)c1nn[nH]n1. The molecule has 0 saturated heterocycles. The fourth-order valence-electron chi connectivity index (χ4n) is 0.972. The van der Waals surface area contributed by atoms with Gasteiger partial charge in [0.2, 0.25) is 9.84 Å². The normalized spacial score (nSPS) is 11.4. The van der Waals surface area contributed by atoms with Crippen molar-refractivity contribution in [3.8, 4) is 0 Å². The summed E-state index contributed by atoms with van der Waals surface area (Å²) in [6.45, 7) is 0. The van der Waals surface area contributed by atoms with Crippen LogP contribution in [0, 0.1) is 0 Å². The highest BCUT2D eigenvalue weighted by atomic mass is 32.2. The Morgan fingerprint density at radius 3 is 2.43 bits per heavy atom. The molecule has 0 atom stereocenters. The summed E-state index contributed by atoms with van der Waals surface area (Å²) in [5, 5.41) is 11.8. The predicted octanol–water partition coefficient (Wildman–Crippen LogP) is 0.0325. The van der Waals surface area contributed by atoms with Crippen molar-refractivity contribution < 1.29 is 8.42 Å². The van der Waals surface area contributed by atoms with Crippen LogP contribution in [-0.4, -0.2) is 29.0 Å². The van der Waals surface area contributed by atoms with E-state index in [2.05, 4.69) is 20.6 Å². The van der Waals surface area contributed by atoms with E-state index in [-0.39, 0.29) is 10.1 Å². The standard InChI is InChI=1S/C7H6N4O2S/c12-14(13,7-8-10-11-9-7)6-4-2-1-3-5-6/h1-5H,(H,8,9,10,11). The van der Waals surface area contributed by atoms with Crippen LogP contribution in [0.5, 0.6) is 0 Å². The highest BCUT2D eigenvalue weighted by molar-refractivity contribution is 7.91. The van der Waals surface area contributed by atoms with Crippen LogP contribution in [0.3, 0.4) is 0 Å². The lowest BCUT2D eigenvalue weighted by molar-refractivity contribution is 0.587. The number of tetrazole rings is 1. The van der Waals surface area contributed by atoms with E-state index in [1.165, 1.54) is 12.1 Å². The monoisotopic (exact) mass is 210 g/mol. The van der Waals surface area contributed by atoms with Crippen LogP contribution in [0.4, 0.5) is 0 Å². The minimum atomic E-state index is -3.61. The van der Waals surface area contributed by atoms with Crippen LogP contribution < -0.4 is 0 Å². The van der Waals surface area contributed by atoms with Crippen molar-refractivity contribution in [1.29, 1.82) is 0 Å². The zero-order valence-corrected chi connectivity index (χ0v) is 7.77. The van der Waals surface area contributed by atoms with Gasteiger partial charge >= 0.3 is 0 Å². The lowest BCUT2D eigenvalue weighted by atomic mass is 10.4. The second kappa shape index (κ2) is 3.18. The summed E-state index contributed by atoms with van der Waals surface area (Å²) >= 11 is 0. The van der Waals surface area contributed by atoms with Crippen molar-refractivity contribution in [2.75, 3.05) is 0 Å². The van der Waals surface area contributed by atoms with Gasteiger partial charge in [-0.15, -0.1) is 5.10 Å². The first-order valence-corrected chi connectivity index (χ1v) is 5.23. The number of benzene rings is 1. The first-order chi connectivity index (χ1) is 6.71. The minimum absolute atomic E-state index is 0.154. The molecule has 2 aromatic rings. The van der Waals surface area contributed by atoms with Gasteiger partial charge in [0.1, 0.15) is 0 Å². The second-order valence-corrected chi connectivity index (χ2v) is 4.35. The maximum atomic E-state index is 11.7. The van der Waals surface area contributed by atoms with Crippen molar-refractivity contribution in [1.82, 2.24) is 20.6 Å². The van der Waals surface area contributed by atoms with Gasteiger partial charge in [-0.05, 0) is 17.3 Å². The Kier molecular flexibility index (Phi) is 2.01. The number of aromatic nitrogens is 4. The van der Waals surface area contributed by atoms with Gasteiger partial charge in [0.05, 0.1) is 4.90 Å².